The molecule has 92 heavy (non-hydrogen) atoms. The zero-order chi connectivity index (χ0) is 67.7. The van der Waals surface area contributed by atoms with E-state index in [1.165, 1.54) is 100 Å². The topological polar surface area (TPSA) is 317 Å². The van der Waals surface area contributed by atoms with Crippen molar-refractivity contribution in [2.75, 3.05) is 32.8 Å². The summed E-state index contributed by atoms with van der Waals surface area (Å²) < 4.78 is 14.1. The number of carboxylic acid groups (broad SMARTS) is 4. The minimum absolute atomic E-state index is 0.0383. The van der Waals surface area contributed by atoms with Crippen molar-refractivity contribution in [3.63, 3.8) is 0 Å². The zero-order valence-electron chi connectivity index (χ0n) is 54.1. The van der Waals surface area contributed by atoms with Crippen molar-refractivity contribution < 1.29 is 58.7 Å². The van der Waals surface area contributed by atoms with Crippen LogP contribution in [0.5, 0.6) is 0 Å². The monoisotopic (exact) mass is 1370 g/mol. The Morgan fingerprint density at radius 1 is 0.565 bits per heavy atom. The van der Waals surface area contributed by atoms with Gasteiger partial charge in [0.25, 0.3) is 18.3 Å². The molecular formula is C68H90N6O12S6. The van der Waals surface area contributed by atoms with Crippen LogP contribution in [0.2, 0.25) is 0 Å². The van der Waals surface area contributed by atoms with Crippen molar-refractivity contribution in [3.8, 4) is 20.9 Å². The highest BCUT2D eigenvalue weighted by Gasteiger charge is 2.34. The summed E-state index contributed by atoms with van der Waals surface area (Å²) in [7, 11) is 0. The molecule has 2 amide bonds. The highest BCUT2D eigenvalue weighted by Crippen LogP contribution is 2.41. The summed E-state index contributed by atoms with van der Waals surface area (Å²) in [5, 5.41) is 35.6. The molecule has 3 unspecified atom stereocenters. The van der Waals surface area contributed by atoms with Crippen molar-refractivity contribution in [2.45, 2.75) is 165 Å². The van der Waals surface area contributed by atoms with E-state index in [1.807, 2.05) is 11.3 Å². The van der Waals surface area contributed by atoms with E-state index < -0.39 is 29.3 Å². The number of hydrogen-bond donors (Lipinski definition) is 7. The van der Waals surface area contributed by atoms with Crippen LogP contribution in [0, 0.1) is 72.6 Å². The third kappa shape index (κ3) is 24.2. The summed E-state index contributed by atoms with van der Waals surface area (Å²) in [5.41, 5.74) is 27.3. The lowest BCUT2D eigenvalue weighted by Gasteiger charge is -2.32. The summed E-state index contributed by atoms with van der Waals surface area (Å²) in [6, 6.07) is 15.3. The van der Waals surface area contributed by atoms with Gasteiger partial charge in [-0.25, -0.2) is 0 Å². The number of fused-ring (bicyclic) bond motifs is 1. The van der Waals surface area contributed by atoms with Crippen LogP contribution in [0.15, 0.2) is 54.6 Å². The average Bonchev–Trinajstić information content (AvgIpc) is 1.60. The number of rotatable bonds is 34. The fourth-order valence-corrected chi connectivity index (χ4v) is 17.1. The van der Waals surface area contributed by atoms with E-state index in [4.69, 9.17) is 37.3 Å². The van der Waals surface area contributed by atoms with Crippen LogP contribution in [0.3, 0.4) is 0 Å². The molecule has 3 atom stereocenters. The van der Waals surface area contributed by atoms with Gasteiger partial charge < -0.3 is 42.4 Å². The molecular weight excluding hydrogens is 1290 g/mol. The van der Waals surface area contributed by atoms with Crippen molar-refractivity contribution in [1.82, 2.24) is 13.6 Å². The maximum atomic E-state index is 11.7. The number of aliphatic carboxylic acids is 4. The molecule has 0 radical (unpaired) electrons. The van der Waals surface area contributed by atoms with Crippen molar-refractivity contribution >= 4 is 122 Å². The Hall–Kier alpha value is -6.35. The highest BCUT2D eigenvalue weighted by molar-refractivity contribution is 7.16. The van der Waals surface area contributed by atoms with E-state index in [2.05, 4.69) is 107 Å². The van der Waals surface area contributed by atoms with Crippen molar-refractivity contribution in [1.29, 1.82) is 0 Å². The Balaban J connectivity index is 0.000000227. The van der Waals surface area contributed by atoms with Crippen LogP contribution in [0.1, 0.15) is 144 Å². The van der Waals surface area contributed by atoms with Gasteiger partial charge in [0, 0.05) is 104 Å². The highest BCUT2D eigenvalue weighted by atomic mass is 32.1. The van der Waals surface area contributed by atoms with Gasteiger partial charge in [-0.1, -0.05) is 12.1 Å². The van der Waals surface area contributed by atoms with E-state index in [-0.39, 0.29) is 62.4 Å². The van der Waals surface area contributed by atoms with Gasteiger partial charge in [0.15, 0.2) is 0 Å². The average molecular weight is 1380 g/mol. The van der Waals surface area contributed by atoms with Gasteiger partial charge >= 0.3 is 23.9 Å². The molecule has 8 rings (SSSR count). The molecule has 0 saturated heterocycles. The van der Waals surface area contributed by atoms with Crippen LogP contribution < -0.4 is 17.2 Å². The minimum Gasteiger partial charge on any atom is -0.481 e. The number of carbonyl (C=O) groups excluding carboxylic acids is 3. The van der Waals surface area contributed by atoms with Gasteiger partial charge in [0.1, 0.15) is 11.0 Å². The molecule has 10 N–H and O–H groups in total. The quantitative estimate of drug-likeness (QED) is 0.0112. The molecule has 0 saturated carbocycles. The lowest BCUT2D eigenvalue weighted by Crippen LogP contribution is -2.39. The second-order valence-electron chi connectivity index (χ2n) is 23.5. The van der Waals surface area contributed by atoms with Gasteiger partial charge in [-0.3, -0.25) is 38.5 Å². The molecule has 0 spiro atoms. The smallest absolute Gasteiger partial charge is 0.303 e. The first kappa shape index (κ1) is 76.4. The third-order valence-corrected chi connectivity index (χ3v) is 22.2. The second-order valence-corrected chi connectivity index (χ2v) is 30.9. The van der Waals surface area contributed by atoms with E-state index in [0.29, 0.717) is 45.4 Å². The lowest BCUT2D eigenvalue weighted by molar-refractivity contribution is -0.141. The number of imide groups is 1. The summed E-state index contributed by atoms with van der Waals surface area (Å²) >= 11 is 10.1. The number of benzene rings is 1. The minimum atomic E-state index is -0.907. The number of hydrogen-bond acceptors (Lipinski definition) is 19. The number of thiophene rings is 5. The zero-order valence-corrected chi connectivity index (χ0v) is 59.0. The van der Waals surface area contributed by atoms with Gasteiger partial charge in [0.2, 0.25) is 0 Å². The Morgan fingerprint density at radius 2 is 1.01 bits per heavy atom. The Labute approximate surface area is 564 Å². The Morgan fingerprint density at radius 3 is 1.42 bits per heavy atom. The standard InChI is InChI=1S/C21H21N3O2S3.C19H26N2O4S.C15H22O4S.C13H21NO2S/c1-12-14(5-7-22)9-18(27-12)16-3-4-17(21-20(16)23-29-24-21)19-10-15(13(2)28-19)6-8-26-11-25;1-13-10-15(14(2)26-13)4-3-7-19(12-20,11-18(24)25)8-9-21-16(22)5-6-17(21)23;1-10-8-13(11(2)20-10)5-3-4-12(9-15(18)19)6-7-14(16)17;1-9-6-12(10(2)17-9)5-3-4-11(8-14)7-13(15)16/h3-4,9-11H,5-8,22H2,1-2H3;5-6,10H,3-4,7-9,11-12,20H2,1-2H3,(H,24,25);8,12H,3-7,9H2,1-2H3,(H,16,17)(H,18,19);6,11H,3-5,7-8,14H2,1-2H3,(H,15,16). The molecule has 7 heterocycles. The number of aryl methyl sites for hydroxylation is 11. The van der Waals surface area contributed by atoms with Crippen LogP contribution in [0.25, 0.3) is 31.9 Å². The summed E-state index contributed by atoms with van der Waals surface area (Å²) in [5.74, 6) is -3.97. The molecule has 24 heteroatoms. The van der Waals surface area contributed by atoms with Gasteiger partial charge in [-0.05, 0) is 227 Å². The predicted octanol–water partition coefficient (Wildman–Crippen LogP) is 13.8. The lowest BCUT2D eigenvalue weighted by atomic mass is 9.76. The SMILES string of the molecule is Cc1cc(CCCC(CCC(=O)O)CC(=O)O)c(C)s1.Cc1cc(CCCC(CN)(CCN2C(=O)C=CC2=O)CC(=O)O)c(C)s1.Cc1cc(CCCC(CN)CC(=O)O)c(C)s1.Cc1sc(-c2ccc(-c3cc(CCOC=O)c(C)s3)c3nsnc23)cc1CCN. The molecule has 1 aromatic carbocycles. The second kappa shape index (κ2) is 38.1. The maximum absolute atomic E-state index is 11.7. The van der Waals surface area contributed by atoms with Gasteiger partial charge in [-0.2, -0.15) is 8.75 Å². The fraction of sp³-hybridized carbons (Fsp3) is 0.485. The summed E-state index contributed by atoms with van der Waals surface area (Å²) in [4.78, 5) is 91.2. The Bertz CT molecular complexity index is 3590. The number of ether oxygens (including phenoxy) is 1. The number of carbonyl (C=O) groups is 7. The first-order valence-electron chi connectivity index (χ1n) is 31.0. The molecule has 6 aromatic heterocycles. The van der Waals surface area contributed by atoms with Crippen LogP contribution in [-0.4, -0.2) is 109 Å². The number of aromatic nitrogens is 2. The summed E-state index contributed by atoms with van der Waals surface area (Å²) in [6.45, 7) is 19.3. The van der Waals surface area contributed by atoms with Crippen LogP contribution >= 0.6 is 68.4 Å². The number of nitrogens with two attached hydrogens (primary N) is 3. The molecule has 7 aromatic rings. The van der Waals surface area contributed by atoms with E-state index in [9.17, 15) is 38.7 Å². The maximum Gasteiger partial charge on any atom is 0.303 e. The molecule has 1 aliphatic rings. The number of amides is 2. The first-order chi connectivity index (χ1) is 43.8. The molecule has 0 fully saturated rings. The van der Waals surface area contributed by atoms with Gasteiger partial charge in [0.05, 0.1) is 24.8 Å². The molecule has 1 aliphatic heterocycles. The van der Waals surface area contributed by atoms with E-state index in [0.717, 1.165) is 91.3 Å². The van der Waals surface area contributed by atoms with Crippen molar-refractivity contribution in [2.24, 2.45) is 34.5 Å². The Kier molecular flexibility index (Phi) is 31.6. The van der Waals surface area contributed by atoms with Crippen molar-refractivity contribution in [3.05, 3.63) is 121 Å². The van der Waals surface area contributed by atoms with Gasteiger partial charge in [-0.15, -0.1) is 56.7 Å². The predicted molar refractivity (Wildman–Crippen MR) is 374 cm³/mol. The van der Waals surface area contributed by atoms with Crippen LogP contribution in [0.4, 0.5) is 0 Å². The number of nitrogens with zero attached hydrogens (tertiary/aromatic N) is 3. The van der Waals surface area contributed by atoms with E-state index in [1.54, 1.807) is 45.3 Å². The molecule has 0 aliphatic carbocycles. The number of carboxylic acids is 4. The largest absolute Gasteiger partial charge is 0.481 e. The third-order valence-electron chi connectivity index (χ3n) is 16.4. The normalized spacial score (nSPS) is 13.2. The van der Waals surface area contributed by atoms with E-state index >= 15 is 0 Å². The molecule has 500 valence electrons. The first-order valence-corrected chi connectivity index (χ1v) is 35.8. The fourth-order valence-electron chi connectivity index (χ4n) is 11.4. The van der Waals surface area contributed by atoms with Crippen LogP contribution in [-0.2, 0) is 70.4 Å². The molecule has 0 bridgehead atoms. The molecule has 18 nitrogen and oxygen atoms in total. The summed E-state index contributed by atoms with van der Waals surface area (Å²) in [6.07, 6.45) is 13.1.